The molecule has 0 bridgehead atoms. The summed E-state index contributed by atoms with van der Waals surface area (Å²) in [6, 6.07) is 6.85. The topological polar surface area (TPSA) is 99.1 Å². The molecule has 28 heavy (non-hydrogen) atoms. The molecule has 0 saturated carbocycles. The number of halogens is 1. The standard InChI is InChI=1S/C20H29FN2O5/c1-13(2)9-16(17(24)19(26)27)18(25)23-8-7-22-11-20(23,3)14-5-4-6-15(10-14)28-12-21/h4-6,10,13,16-17,22,24H,7-9,11-12H2,1-3H3,(H,26,27)/t16-,17-,20-/m0/s1. The summed E-state index contributed by atoms with van der Waals surface area (Å²) in [5.74, 6) is -2.46. The first kappa shape index (κ1) is 22.1. The predicted octanol–water partition coefficient (Wildman–Crippen LogP) is 1.75. The molecule has 156 valence electrons. The molecule has 1 fully saturated rings. The van der Waals surface area contributed by atoms with Crippen LogP contribution in [0.4, 0.5) is 4.39 Å². The highest BCUT2D eigenvalue weighted by molar-refractivity contribution is 5.86. The molecule has 1 aliphatic heterocycles. The van der Waals surface area contributed by atoms with E-state index in [2.05, 4.69) is 5.32 Å². The number of aliphatic hydroxyl groups is 1. The summed E-state index contributed by atoms with van der Waals surface area (Å²) in [6.07, 6.45) is -1.51. The van der Waals surface area contributed by atoms with E-state index in [9.17, 15) is 24.2 Å². The quantitative estimate of drug-likeness (QED) is 0.619. The van der Waals surface area contributed by atoms with Crippen LogP contribution in [-0.2, 0) is 15.1 Å². The van der Waals surface area contributed by atoms with Gasteiger partial charge in [-0.2, -0.15) is 0 Å². The van der Waals surface area contributed by atoms with Gasteiger partial charge in [0.2, 0.25) is 12.8 Å². The van der Waals surface area contributed by atoms with Crippen molar-refractivity contribution in [1.29, 1.82) is 0 Å². The third-order valence-corrected chi connectivity index (χ3v) is 5.20. The summed E-state index contributed by atoms with van der Waals surface area (Å²) < 4.78 is 17.5. The van der Waals surface area contributed by atoms with E-state index in [-0.39, 0.29) is 12.3 Å². The van der Waals surface area contributed by atoms with Crippen molar-refractivity contribution >= 4 is 11.9 Å². The van der Waals surface area contributed by atoms with Crippen molar-refractivity contribution in [3.63, 3.8) is 0 Å². The summed E-state index contributed by atoms with van der Waals surface area (Å²) in [4.78, 5) is 26.4. The molecule has 0 unspecified atom stereocenters. The molecule has 7 nitrogen and oxygen atoms in total. The SMILES string of the molecule is CC(C)C[C@H](C(=O)N1CCNC[C@@]1(C)c1cccc(OCF)c1)[C@H](O)C(=O)O. The number of aliphatic carboxylic acids is 1. The smallest absolute Gasteiger partial charge is 0.333 e. The highest BCUT2D eigenvalue weighted by Gasteiger charge is 2.44. The second kappa shape index (κ2) is 9.34. The van der Waals surface area contributed by atoms with Gasteiger partial charge in [-0.15, -0.1) is 0 Å². The molecule has 1 aliphatic rings. The number of aliphatic hydroxyl groups excluding tert-OH is 1. The first-order chi connectivity index (χ1) is 13.2. The Kier molecular flexibility index (Phi) is 7.37. The van der Waals surface area contributed by atoms with Crippen molar-refractivity contribution in [2.24, 2.45) is 11.8 Å². The van der Waals surface area contributed by atoms with Crippen molar-refractivity contribution < 1.29 is 28.9 Å². The molecule has 0 radical (unpaired) electrons. The van der Waals surface area contributed by atoms with E-state index in [1.165, 1.54) is 0 Å². The molecule has 3 N–H and O–H groups in total. The Morgan fingerprint density at radius 2 is 2.11 bits per heavy atom. The Morgan fingerprint density at radius 3 is 2.71 bits per heavy atom. The fourth-order valence-corrected chi connectivity index (χ4v) is 3.70. The largest absolute Gasteiger partial charge is 0.479 e. The Bertz CT molecular complexity index is 699. The van der Waals surface area contributed by atoms with Gasteiger partial charge in [0.15, 0.2) is 6.10 Å². The van der Waals surface area contributed by atoms with Gasteiger partial charge in [-0.05, 0) is 37.0 Å². The van der Waals surface area contributed by atoms with Crippen LogP contribution in [0.2, 0.25) is 0 Å². The zero-order valence-electron chi connectivity index (χ0n) is 16.5. The molecule has 1 aromatic carbocycles. The van der Waals surface area contributed by atoms with Gasteiger partial charge in [-0.3, -0.25) is 4.79 Å². The number of rotatable bonds is 8. The zero-order valence-corrected chi connectivity index (χ0v) is 16.5. The maximum atomic E-state index is 13.4. The number of carboxylic acids is 1. The number of carbonyl (C=O) groups excluding carboxylic acids is 1. The fraction of sp³-hybridized carbons (Fsp3) is 0.600. The number of carbonyl (C=O) groups is 2. The molecular weight excluding hydrogens is 367 g/mol. The third kappa shape index (κ3) is 4.80. The van der Waals surface area contributed by atoms with Crippen LogP contribution in [0.15, 0.2) is 24.3 Å². The molecule has 2 rings (SSSR count). The van der Waals surface area contributed by atoms with Crippen molar-refractivity contribution in [1.82, 2.24) is 10.2 Å². The van der Waals surface area contributed by atoms with Gasteiger partial charge in [-0.25, -0.2) is 9.18 Å². The van der Waals surface area contributed by atoms with E-state index in [0.29, 0.717) is 25.4 Å². The lowest BCUT2D eigenvalue weighted by atomic mass is 9.84. The number of benzene rings is 1. The molecule has 1 aromatic rings. The Labute approximate surface area is 164 Å². The Morgan fingerprint density at radius 1 is 1.39 bits per heavy atom. The molecule has 0 spiro atoms. The van der Waals surface area contributed by atoms with E-state index in [0.717, 1.165) is 5.56 Å². The number of nitrogens with one attached hydrogen (secondary N) is 1. The molecular formula is C20H29FN2O5. The lowest BCUT2D eigenvalue weighted by molar-refractivity contribution is -0.160. The Balaban J connectivity index is 2.40. The molecule has 1 heterocycles. The van der Waals surface area contributed by atoms with Gasteiger partial charge in [0.25, 0.3) is 0 Å². The summed E-state index contributed by atoms with van der Waals surface area (Å²) >= 11 is 0. The molecule has 0 aromatic heterocycles. The number of carboxylic acid groups (broad SMARTS) is 1. The first-order valence-corrected chi connectivity index (χ1v) is 9.43. The van der Waals surface area contributed by atoms with E-state index in [4.69, 9.17) is 4.74 Å². The monoisotopic (exact) mass is 396 g/mol. The van der Waals surface area contributed by atoms with Crippen LogP contribution in [0.3, 0.4) is 0 Å². The summed E-state index contributed by atoms with van der Waals surface area (Å²) in [5, 5.41) is 22.7. The van der Waals surface area contributed by atoms with Gasteiger partial charge >= 0.3 is 5.97 Å². The Hall–Kier alpha value is -2.19. The highest BCUT2D eigenvalue weighted by atomic mass is 19.1. The van der Waals surface area contributed by atoms with Crippen LogP contribution in [0.1, 0.15) is 32.8 Å². The normalized spacial score (nSPS) is 22.0. The van der Waals surface area contributed by atoms with Gasteiger partial charge < -0.3 is 25.2 Å². The average molecular weight is 396 g/mol. The lowest BCUT2D eigenvalue weighted by Gasteiger charge is -2.47. The zero-order chi connectivity index (χ0) is 20.9. The van der Waals surface area contributed by atoms with Crippen molar-refractivity contribution in [3.8, 4) is 5.75 Å². The van der Waals surface area contributed by atoms with Gasteiger partial charge in [0.05, 0.1) is 11.5 Å². The molecule has 0 aliphatic carbocycles. The average Bonchev–Trinajstić information content (AvgIpc) is 2.65. The second-order valence-corrected chi connectivity index (χ2v) is 7.74. The molecule has 3 atom stereocenters. The van der Waals surface area contributed by atoms with Crippen molar-refractivity contribution in [2.75, 3.05) is 26.5 Å². The van der Waals surface area contributed by atoms with Crippen LogP contribution < -0.4 is 10.1 Å². The van der Waals surface area contributed by atoms with Crippen molar-refractivity contribution in [3.05, 3.63) is 29.8 Å². The van der Waals surface area contributed by atoms with Gasteiger partial charge in [0.1, 0.15) is 5.75 Å². The highest BCUT2D eigenvalue weighted by Crippen LogP contribution is 2.34. The third-order valence-electron chi connectivity index (χ3n) is 5.20. The summed E-state index contributed by atoms with van der Waals surface area (Å²) in [6.45, 7) is 6.03. The molecule has 1 amide bonds. The minimum Gasteiger partial charge on any atom is -0.479 e. The maximum Gasteiger partial charge on any atom is 0.333 e. The van der Waals surface area contributed by atoms with E-state index in [1.54, 1.807) is 23.1 Å². The van der Waals surface area contributed by atoms with Crippen molar-refractivity contribution in [2.45, 2.75) is 38.8 Å². The number of hydrogen-bond donors (Lipinski definition) is 3. The van der Waals surface area contributed by atoms with Crippen LogP contribution in [0.5, 0.6) is 5.75 Å². The predicted molar refractivity (Wildman–Crippen MR) is 102 cm³/mol. The van der Waals surface area contributed by atoms with Crippen LogP contribution in [-0.4, -0.2) is 59.6 Å². The number of amides is 1. The maximum absolute atomic E-state index is 13.4. The number of hydrogen-bond acceptors (Lipinski definition) is 5. The van der Waals surface area contributed by atoms with Crippen LogP contribution >= 0.6 is 0 Å². The van der Waals surface area contributed by atoms with E-state index < -0.39 is 36.3 Å². The lowest BCUT2D eigenvalue weighted by Crippen LogP contribution is -2.61. The summed E-state index contributed by atoms with van der Waals surface area (Å²) in [5.41, 5.74) is -0.0505. The van der Waals surface area contributed by atoms with Crippen LogP contribution in [0, 0.1) is 11.8 Å². The number of nitrogens with zero attached hydrogens (tertiary/aromatic N) is 1. The molecule has 1 saturated heterocycles. The minimum atomic E-state index is -1.77. The van der Waals surface area contributed by atoms with Crippen LogP contribution in [0.25, 0.3) is 0 Å². The number of alkyl halides is 1. The first-order valence-electron chi connectivity index (χ1n) is 9.43. The fourth-order valence-electron chi connectivity index (χ4n) is 3.70. The summed E-state index contributed by atoms with van der Waals surface area (Å²) in [7, 11) is 0. The van der Waals surface area contributed by atoms with E-state index >= 15 is 0 Å². The van der Waals surface area contributed by atoms with Gasteiger partial charge in [0, 0.05) is 19.6 Å². The van der Waals surface area contributed by atoms with E-state index in [1.807, 2.05) is 26.8 Å². The number of piperazine rings is 1. The number of ether oxygens (including phenoxy) is 1. The molecule has 8 heteroatoms. The second-order valence-electron chi connectivity index (χ2n) is 7.74. The van der Waals surface area contributed by atoms with Gasteiger partial charge in [-0.1, -0.05) is 26.0 Å². The minimum absolute atomic E-state index is 0.0402.